The highest BCUT2D eigenvalue weighted by Crippen LogP contribution is 2.39. The molecule has 2 N–H and O–H groups in total. The third-order valence-corrected chi connectivity index (χ3v) is 6.72. The predicted octanol–water partition coefficient (Wildman–Crippen LogP) is 2.48. The molecule has 1 aliphatic carbocycles. The van der Waals surface area contributed by atoms with Gasteiger partial charge in [-0.3, -0.25) is 4.68 Å². The zero-order valence-electron chi connectivity index (χ0n) is 14.4. The molecule has 1 heterocycles. The van der Waals surface area contributed by atoms with Crippen molar-refractivity contribution in [3.8, 4) is 0 Å². The fourth-order valence-electron chi connectivity index (χ4n) is 3.21. The van der Waals surface area contributed by atoms with Gasteiger partial charge in [0, 0.05) is 23.8 Å². The average Bonchev–Trinajstić information content (AvgIpc) is 2.92. The number of aryl methyl sites for hydroxylation is 3. The SMILES string of the molecule is Cc1cc(S(=O)(=O)N[C@H](c2cnn(C)c2)C2CC(O)C2)c(C)cc1Cl. The van der Waals surface area contributed by atoms with Crippen LogP contribution in [0.2, 0.25) is 5.02 Å². The largest absolute Gasteiger partial charge is 0.393 e. The standard InChI is InChI=1S/C17H22ClN3O3S/c1-10-5-16(11(2)4-15(10)18)25(23,24)20-17(12-6-14(22)7-12)13-8-19-21(3)9-13/h4-5,8-9,12,14,17,20,22H,6-7H2,1-3H3/t12?,14?,17-/m0/s1. The molecule has 0 spiro atoms. The highest BCUT2D eigenvalue weighted by atomic mass is 35.5. The summed E-state index contributed by atoms with van der Waals surface area (Å²) < 4.78 is 30.4. The lowest BCUT2D eigenvalue weighted by atomic mass is 9.76. The maximum atomic E-state index is 13.0. The average molecular weight is 384 g/mol. The van der Waals surface area contributed by atoms with E-state index in [0.717, 1.165) is 5.56 Å². The van der Waals surface area contributed by atoms with E-state index in [2.05, 4.69) is 9.82 Å². The Morgan fingerprint density at radius 3 is 2.56 bits per heavy atom. The minimum absolute atomic E-state index is 0.0441. The van der Waals surface area contributed by atoms with E-state index in [4.69, 9.17) is 11.6 Å². The van der Waals surface area contributed by atoms with E-state index in [-0.39, 0.29) is 16.9 Å². The quantitative estimate of drug-likeness (QED) is 0.830. The number of aliphatic hydroxyl groups excluding tert-OH is 1. The molecule has 8 heteroatoms. The second-order valence-electron chi connectivity index (χ2n) is 6.80. The number of aromatic nitrogens is 2. The molecule has 0 unspecified atom stereocenters. The minimum Gasteiger partial charge on any atom is -0.393 e. The van der Waals surface area contributed by atoms with Crippen LogP contribution in [0.25, 0.3) is 0 Å². The molecular weight excluding hydrogens is 362 g/mol. The van der Waals surface area contributed by atoms with Gasteiger partial charge in [0.1, 0.15) is 0 Å². The van der Waals surface area contributed by atoms with Gasteiger partial charge in [0.15, 0.2) is 0 Å². The van der Waals surface area contributed by atoms with E-state index in [1.54, 1.807) is 50.1 Å². The van der Waals surface area contributed by atoms with Gasteiger partial charge in [-0.1, -0.05) is 11.6 Å². The molecule has 1 atom stereocenters. The summed E-state index contributed by atoms with van der Waals surface area (Å²) in [7, 11) is -1.95. The lowest BCUT2D eigenvalue weighted by Gasteiger charge is -2.37. The van der Waals surface area contributed by atoms with Crippen LogP contribution in [0, 0.1) is 19.8 Å². The van der Waals surface area contributed by atoms with Crippen LogP contribution in [-0.4, -0.2) is 29.4 Å². The van der Waals surface area contributed by atoms with Gasteiger partial charge in [-0.2, -0.15) is 5.10 Å². The molecule has 1 aliphatic rings. The summed E-state index contributed by atoms with van der Waals surface area (Å²) in [6.07, 6.45) is 4.24. The van der Waals surface area contributed by atoms with E-state index in [1.165, 1.54) is 0 Å². The fourth-order valence-corrected chi connectivity index (χ4v) is 5.04. The molecular formula is C17H22ClN3O3S. The number of sulfonamides is 1. The van der Waals surface area contributed by atoms with Crippen LogP contribution in [0.4, 0.5) is 0 Å². The summed E-state index contributed by atoms with van der Waals surface area (Å²) >= 11 is 6.08. The van der Waals surface area contributed by atoms with Crippen molar-refractivity contribution in [2.75, 3.05) is 0 Å². The molecule has 2 aromatic rings. The normalized spacial score (nSPS) is 21.8. The van der Waals surface area contributed by atoms with Crippen LogP contribution < -0.4 is 4.72 Å². The van der Waals surface area contributed by atoms with Crippen molar-refractivity contribution in [3.05, 3.63) is 46.2 Å². The van der Waals surface area contributed by atoms with Crippen LogP contribution >= 0.6 is 11.6 Å². The molecule has 0 bridgehead atoms. The van der Waals surface area contributed by atoms with Crippen molar-refractivity contribution in [3.63, 3.8) is 0 Å². The first kappa shape index (κ1) is 18.4. The minimum atomic E-state index is -3.73. The number of aliphatic hydroxyl groups is 1. The first-order valence-electron chi connectivity index (χ1n) is 8.13. The Morgan fingerprint density at radius 1 is 1.32 bits per heavy atom. The van der Waals surface area contributed by atoms with Crippen LogP contribution in [0.15, 0.2) is 29.4 Å². The monoisotopic (exact) mass is 383 g/mol. The molecule has 0 amide bonds. The zero-order valence-corrected chi connectivity index (χ0v) is 16.0. The Balaban J connectivity index is 1.94. The van der Waals surface area contributed by atoms with Gasteiger partial charge in [0.2, 0.25) is 10.0 Å². The van der Waals surface area contributed by atoms with Crippen LogP contribution in [0.1, 0.15) is 35.6 Å². The van der Waals surface area contributed by atoms with Gasteiger partial charge in [-0.05, 0) is 55.9 Å². The van der Waals surface area contributed by atoms with E-state index < -0.39 is 16.1 Å². The van der Waals surface area contributed by atoms with Crippen LogP contribution in [0.3, 0.4) is 0 Å². The van der Waals surface area contributed by atoms with Crippen LogP contribution in [-0.2, 0) is 17.1 Å². The molecule has 136 valence electrons. The maximum absolute atomic E-state index is 13.0. The number of nitrogens with zero attached hydrogens (tertiary/aromatic N) is 2. The Kier molecular flexibility index (Phi) is 4.94. The fraction of sp³-hybridized carbons (Fsp3) is 0.471. The topological polar surface area (TPSA) is 84.2 Å². The van der Waals surface area contributed by atoms with E-state index in [1.807, 2.05) is 0 Å². The number of hydrogen-bond acceptors (Lipinski definition) is 4. The lowest BCUT2D eigenvalue weighted by molar-refractivity contribution is 0.0280. The Hall–Kier alpha value is -1.41. The summed E-state index contributed by atoms with van der Waals surface area (Å²) in [6.45, 7) is 3.51. The number of halogens is 1. The zero-order chi connectivity index (χ0) is 18.4. The molecule has 0 saturated heterocycles. The summed E-state index contributed by atoms with van der Waals surface area (Å²) in [5.41, 5.74) is 2.11. The maximum Gasteiger partial charge on any atom is 0.241 e. The van der Waals surface area contributed by atoms with Crippen molar-refractivity contribution >= 4 is 21.6 Å². The summed E-state index contributed by atoms with van der Waals surface area (Å²) in [4.78, 5) is 0.225. The number of nitrogens with one attached hydrogen (secondary N) is 1. The van der Waals surface area contributed by atoms with Gasteiger partial charge >= 0.3 is 0 Å². The number of hydrogen-bond donors (Lipinski definition) is 2. The molecule has 0 aliphatic heterocycles. The third kappa shape index (κ3) is 3.74. The second kappa shape index (κ2) is 6.72. The third-order valence-electron chi connectivity index (χ3n) is 4.73. The smallest absolute Gasteiger partial charge is 0.241 e. The van der Waals surface area contributed by atoms with Gasteiger partial charge in [0.05, 0.1) is 23.2 Å². The van der Waals surface area contributed by atoms with Crippen LogP contribution in [0.5, 0.6) is 0 Å². The van der Waals surface area contributed by atoms with Gasteiger partial charge in [-0.25, -0.2) is 13.1 Å². The molecule has 1 aromatic heterocycles. The predicted molar refractivity (Wildman–Crippen MR) is 95.9 cm³/mol. The van der Waals surface area contributed by atoms with Crippen molar-refractivity contribution in [1.82, 2.24) is 14.5 Å². The molecule has 1 fully saturated rings. The molecule has 6 nitrogen and oxygen atoms in total. The molecule has 1 aromatic carbocycles. The molecule has 0 radical (unpaired) electrons. The lowest BCUT2D eigenvalue weighted by Crippen LogP contribution is -2.41. The Morgan fingerprint density at radius 2 is 2.00 bits per heavy atom. The van der Waals surface area contributed by atoms with Gasteiger partial charge in [0.25, 0.3) is 0 Å². The molecule has 1 saturated carbocycles. The van der Waals surface area contributed by atoms with Crippen molar-refractivity contribution in [2.45, 2.75) is 43.7 Å². The Bertz CT molecular complexity index is 889. The summed E-state index contributed by atoms with van der Waals surface area (Å²) in [6, 6.07) is 2.84. The highest BCUT2D eigenvalue weighted by molar-refractivity contribution is 7.89. The van der Waals surface area contributed by atoms with Crippen molar-refractivity contribution in [1.29, 1.82) is 0 Å². The summed E-state index contributed by atoms with van der Waals surface area (Å²) in [5.74, 6) is 0.0441. The van der Waals surface area contributed by atoms with E-state index >= 15 is 0 Å². The Labute approximate surface area is 152 Å². The second-order valence-corrected chi connectivity index (χ2v) is 8.89. The molecule has 25 heavy (non-hydrogen) atoms. The number of benzene rings is 1. The number of rotatable bonds is 5. The van der Waals surface area contributed by atoms with E-state index in [9.17, 15) is 13.5 Å². The van der Waals surface area contributed by atoms with Gasteiger partial charge < -0.3 is 5.11 Å². The van der Waals surface area contributed by atoms with Crippen molar-refractivity contribution in [2.24, 2.45) is 13.0 Å². The first-order chi connectivity index (χ1) is 11.7. The highest BCUT2D eigenvalue weighted by Gasteiger charge is 2.38. The van der Waals surface area contributed by atoms with Gasteiger partial charge in [-0.15, -0.1) is 0 Å². The first-order valence-corrected chi connectivity index (χ1v) is 9.99. The molecule has 3 rings (SSSR count). The van der Waals surface area contributed by atoms with E-state index in [0.29, 0.717) is 29.0 Å². The summed E-state index contributed by atoms with van der Waals surface area (Å²) in [5, 5.41) is 14.3. The van der Waals surface area contributed by atoms with Crippen molar-refractivity contribution < 1.29 is 13.5 Å².